The first-order valence-electron chi connectivity index (χ1n) is 7.43. The Hall–Kier alpha value is -1.87. The molecule has 0 spiro atoms. The van der Waals surface area contributed by atoms with Crippen molar-refractivity contribution >= 4 is 40.7 Å². The van der Waals surface area contributed by atoms with Crippen LogP contribution < -0.4 is 5.32 Å². The van der Waals surface area contributed by atoms with E-state index >= 15 is 0 Å². The molecule has 0 saturated heterocycles. The van der Waals surface area contributed by atoms with Crippen molar-refractivity contribution in [1.82, 2.24) is 14.8 Å². The number of hydrogen-bond acceptors (Lipinski definition) is 7. The summed E-state index contributed by atoms with van der Waals surface area (Å²) in [6, 6.07) is 0. The Labute approximate surface area is 148 Å². The van der Waals surface area contributed by atoms with E-state index in [9.17, 15) is 9.59 Å². The topological polar surface area (TPSA) is 86.1 Å². The number of thiazole rings is 1. The van der Waals surface area contributed by atoms with Crippen molar-refractivity contribution in [3.05, 3.63) is 22.5 Å². The molecule has 2 aromatic heterocycles. The normalized spacial score (nSPS) is 10.7. The minimum Gasteiger partial charge on any atom is -0.466 e. The predicted molar refractivity (Wildman–Crippen MR) is 94.5 cm³/mol. The highest BCUT2D eigenvalue weighted by molar-refractivity contribution is 8.01. The number of hydrogen-bond donors (Lipinski definition) is 1. The van der Waals surface area contributed by atoms with Crippen molar-refractivity contribution in [3.63, 3.8) is 0 Å². The molecule has 130 valence electrons. The van der Waals surface area contributed by atoms with Crippen LogP contribution >= 0.6 is 23.1 Å². The van der Waals surface area contributed by atoms with Gasteiger partial charge in [0.15, 0.2) is 4.34 Å². The molecule has 0 bridgehead atoms. The lowest BCUT2D eigenvalue weighted by Crippen LogP contribution is -2.15. The standard InChI is InChI=1S/C15H20N4O3S2/c1-5-22-13(21)6-11-7-23-15(16-11)24-8-12(20)17-14-9(2)18-19(4)10(14)3/h7H,5-6,8H2,1-4H3,(H,17,20). The molecule has 2 heterocycles. The second-order valence-electron chi connectivity index (χ2n) is 5.09. The fraction of sp³-hybridized carbons (Fsp3) is 0.467. The van der Waals surface area contributed by atoms with Gasteiger partial charge >= 0.3 is 5.97 Å². The summed E-state index contributed by atoms with van der Waals surface area (Å²) >= 11 is 2.76. The summed E-state index contributed by atoms with van der Waals surface area (Å²) in [7, 11) is 1.84. The minimum absolute atomic E-state index is 0.110. The first-order valence-corrected chi connectivity index (χ1v) is 9.30. The molecule has 0 fully saturated rings. The Bertz CT molecular complexity index is 739. The number of aryl methyl sites for hydroxylation is 2. The van der Waals surface area contributed by atoms with Gasteiger partial charge < -0.3 is 10.1 Å². The zero-order valence-corrected chi connectivity index (χ0v) is 15.7. The second kappa shape index (κ2) is 8.29. The number of anilines is 1. The molecule has 0 atom stereocenters. The predicted octanol–water partition coefficient (Wildman–Crippen LogP) is 2.33. The van der Waals surface area contributed by atoms with Crippen LogP contribution in [0.15, 0.2) is 9.72 Å². The maximum atomic E-state index is 12.1. The number of nitrogens with zero attached hydrogens (tertiary/aromatic N) is 3. The number of nitrogens with one attached hydrogen (secondary N) is 1. The highest BCUT2D eigenvalue weighted by atomic mass is 32.2. The largest absolute Gasteiger partial charge is 0.466 e. The second-order valence-corrected chi connectivity index (χ2v) is 7.17. The van der Waals surface area contributed by atoms with Crippen LogP contribution in [0.2, 0.25) is 0 Å². The van der Waals surface area contributed by atoms with E-state index in [2.05, 4.69) is 15.4 Å². The minimum atomic E-state index is -0.292. The first kappa shape index (κ1) is 18.5. The van der Waals surface area contributed by atoms with E-state index in [1.165, 1.54) is 23.1 Å². The Morgan fingerprint density at radius 1 is 1.42 bits per heavy atom. The number of rotatable bonds is 7. The number of esters is 1. The summed E-state index contributed by atoms with van der Waals surface area (Å²) in [5, 5.41) is 8.97. The molecule has 0 aliphatic carbocycles. The fourth-order valence-electron chi connectivity index (χ4n) is 2.05. The number of ether oxygens (including phenoxy) is 1. The fourth-order valence-corrected chi connectivity index (χ4v) is 3.70. The van der Waals surface area contributed by atoms with Crippen LogP contribution in [0.3, 0.4) is 0 Å². The van der Waals surface area contributed by atoms with Crippen molar-refractivity contribution in [2.75, 3.05) is 17.7 Å². The molecule has 24 heavy (non-hydrogen) atoms. The van der Waals surface area contributed by atoms with Crippen LogP contribution in [0.1, 0.15) is 24.0 Å². The molecule has 9 heteroatoms. The molecule has 2 rings (SSSR count). The highest BCUT2D eigenvalue weighted by Crippen LogP contribution is 2.24. The summed E-state index contributed by atoms with van der Waals surface area (Å²) in [4.78, 5) is 27.9. The Kier molecular flexibility index (Phi) is 6.38. The van der Waals surface area contributed by atoms with E-state index in [-0.39, 0.29) is 24.1 Å². The van der Waals surface area contributed by atoms with Crippen LogP contribution in [0.25, 0.3) is 0 Å². The van der Waals surface area contributed by atoms with E-state index in [1.807, 2.05) is 26.3 Å². The van der Waals surface area contributed by atoms with Crippen LogP contribution in [0, 0.1) is 13.8 Å². The summed E-state index contributed by atoms with van der Waals surface area (Å²) in [5.41, 5.74) is 3.13. The van der Waals surface area contributed by atoms with Gasteiger partial charge in [0.25, 0.3) is 0 Å². The average Bonchev–Trinajstić information content (AvgIpc) is 3.05. The zero-order valence-electron chi connectivity index (χ0n) is 14.1. The van der Waals surface area contributed by atoms with Crippen molar-refractivity contribution in [1.29, 1.82) is 0 Å². The van der Waals surface area contributed by atoms with Crippen LogP contribution in [0.5, 0.6) is 0 Å². The number of carbonyl (C=O) groups is 2. The highest BCUT2D eigenvalue weighted by Gasteiger charge is 2.14. The lowest BCUT2D eigenvalue weighted by Gasteiger charge is -2.04. The van der Waals surface area contributed by atoms with Crippen LogP contribution in [0.4, 0.5) is 5.69 Å². The monoisotopic (exact) mass is 368 g/mol. The van der Waals surface area contributed by atoms with Gasteiger partial charge in [0.1, 0.15) is 0 Å². The SMILES string of the molecule is CCOC(=O)Cc1csc(SCC(=O)Nc2c(C)nn(C)c2C)n1. The Morgan fingerprint density at radius 2 is 2.17 bits per heavy atom. The summed E-state index contributed by atoms with van der Waals surface area (Å²) in [5.74, 6) is -0.152. The van der Waals surface area contributed by atoms with Gasteiger partial charge in [-0.3, -0.25) is 14.3 Å². The molecule has 0 unspecified atom stereocenters. The first-order chi connectivity index (χ1) is 11.4. The van der Waals surface area contributed by atoms with Crippen molar-refractivity contribution < 1.29 is 14.3 Å². The smallest absolute Gasteiger partial charge is 0.311 e. The van der Waals surface area contributed by atoms with Gasteiger partial charge in [0.2, 0.25) is 5.91 Å². The maximum absolute atomic E-state index is 12.1. The molecule has 0 aromatic carbocycles. The number of aromatic nitrogens is 3. The van der Waals surface area contributed by atoms with Crippen molar-refractivity contribution in [3.8, 4) is 0 Å². The van der Waals surface area contributed by atoms with Gasteiger partial charge in [-0.2, -0.15) is 5.10 Å². The zero-order chi connectivity index (χ0) is 17.7. The quantitative estimate of drug-likeness (QED) is 0.596. The van der Waals surface area contributed by atoms with Crippen molar-refractivity contribution in [2.24, 2.45) is 7.05 Å². The number of amides is 1. The number of carbonyl (C=O) groups excluding carboxylic acids is 2. The van der Waals surface area contributed by atoms with E-state index < -0.39 is 0 Å². The third kappa shape index (κ3) is 4.81. The molecule has 0 radical (unpaired) electrons. The lowest BCUT2D eigenvalue weighted by molar-refractivity contribution is -0.142. The van der Waals surface area contributed by atoms with Gasteiger partial charge in [-0.15, -0.1) is 11.3 Å². The van der Waals surface area contributed by atoms with Crippen LogP contribution in [-0.2, 0) is 27.8 Å². The van der Waals surface area contributed by atoms with Gasteiger partial charge in [-0.05, 0) is 20.8 Å². The van der Waals surface area contributed by atoms with Gasteiger partial charge in [-0.25, -0.2) is 4.98 Å². The molecule has 0 saturated carbocycles. The lowest BCUT2D eigenvalue weighted by atomic mass is 10.3. The molecule has 0 aliphatic rings. The summed E-state index contributed by atoms with van der Waals surface area (Å²) < 4.78 is 7.38. The van der Waals surface area contributed by atoms with Gasteiger partial charge in [-0.1, -0.05) is 11.8 Å². The average molecular weight is 368 g/mol. The van der Waals surface area contributed by atoms with E-state index in [0.717, 1.165) is 21.4 Å². The molecule has 1 N–H and O–H groups in total. The summed E-state index contributed by atoms with van der Waals surface area (Å²) in [6.07, 6.45) is 0.158. The molecule has 1 amide bonds. The van der Waals surface area contributed by atoms with Crippen molar-refractivity contribution in [2.45, 2.75) is 31.5 Å². The molecule has 7 nitrogen and oxygen atoms in total. The van der Waals surface area contributed by atoms with Gasteiger partial charge in [0, 0.05) is 12.4 Å². The summed E-state index contributed by atoms with van der Waals surface area (Å²) in [6.45, 7) is 5.89. The number of thioether (sulfide) groups is 1. The van der Waals surface area contributed by atoms with E-state index in [0.29, 0.717) is 12.3 Å². The van der Waals surface area contributed by atoms with E-state index in [4.69, 9.17) is 4.74 Å². The Balaban J connectivity index is 1.86. The van der Waals surface area contributed by atoms with E-state index in [1.54, 1.807) is 11.6 Å². The van der Waals surface area contributed by atoms with Gasteiger partial charge in [0.05, 0.1) is 41.5 Å². The third-order valence-electron chi connectivity index (χ3n) is 3.26. The molecule has 0 aliphatic heterocycles. The molecular weight excluding hydrogens is 348 g/mol. The maximum Gasteiger partial charge on any atom is 0.311 e. The van der Waals surface area contributed by atoms with Crippen LogP contribution in [-0.4, -0.2) is 39.0 Å². The Morgan fingerprint density at radius 3 is 2.79 bits per heavy atom. The third-order valence-corrected chi connectivity index (χ3v) is 5.33. The molecule has 2 aromatic rings. The molecular formula is C15H20N4O3S2.